The van der Waals surface area contributed by atoms with Gasteiger partial charge in [0.05, 0.1) is 11.2 Å². The van der Waals surface area contributed by atoms with Crippen molar-refractivity contribution >= 4 is 39.1 Å². The van der Waals surface area contributed by atoms with Crippen LogP contribution in [0, 0.1) is 0 Å². The minimum absolute atomic E-state index is 0.168. The molecule has 2 heterocycles. The minimum atomic E-state index is -0.690. The van der Waals surface area contributed by atoms with Crippen molar-refractivity contribution in [2.24, 2.45) is 10.8 Å². The molecule has 2 aromatic rings. The summed E-state index contributed by atoms with van der Waals surface area (Å²) in [6, 6.07) is 16.5. The molecule has 0 aromatic heterocycles. The molecular formula is C22H23BrN4O3. The van der Waals surface area contributed by atoms with E-state index in [9.17, 15) is 9.59 Å². The van der Waals surface area contributed by atoms with Crippen LogP contribution < -0.4 is 16.1 Å². The lowest BCUT2D eigenvalue weighted by Crippen LogP contribution is -2.51. The first-order valence-corrected chi connectivity index (χ1v) is 10.7. The molecule has 4 rings (SSSR count). The van der Waals surface area contributed by atoms with Crippen molar-refractivity contribution in [3.05, 3.63) is 64.6 Å². The zero-order valence-electron chi connectivity index (χ0n) is 16.4. The van der Waals surface area contributed by atoms with Crippen LogP contribution in [-0.2, 0) is 19.9 Å². The van der Waals surface area contributed by atoms with Crippen LogP contribution in [0.2, 0.25) is 0 Å². The maximum Gasteiger partial charge on any atom is 0.268 e. The lowest BCUT2D eigenvalue weighted by Gasteiger charge is -2.38. The topological polar surface area (TPSA) is 97.0 Å². The third-order valence-corrected chi connectivity index (χ3v) is 6.09. The van der Waals surface area contributed by atoms with Crippen LogP contribution in [0.4, 0.5) is 5.69 Å². The first kappa shape index (κ1) is 20.6. The van der Waals surface area contributed by atoms with Crippen molar-refractivity contribution < 1.29 is 14.3 Å². The van der Waals surface area contributed by atoms with Gasteiger partial charge in [-0.1, -0.05) is 46.3 Å². The van der Waals surface area contributed by atoms with E-state index in [0.29, 0.717) is 31.8 Å². The molecule has 2 aliphatic heterocycles. The van der Waals surface area contributed by atoms with E-state index < -0.39 is 17.5 Å². The molecule has 3 N–H and O–H groups in total. The van der Waals surface area contributed by atoms with E-state index in [1.54, 1.807) is 0 Å². The second-order valence-electron chi connectivity index (χ2n) is 7.51. The average Bonchev–Trinajstić information content (AvgIpc) is 3.21. The Kier molecular flexibility index (Phi) is 5.87. The molecule has 156 valence electrons. The highest BCUT2D eigenvalue weighted by Gasteiger charge is 2.40. The summed E-state index contributed by atoms with van der Waals surface area (Å²) in [4.78, 5) is 25.3. The second kappa shape index (κ2) is 8.57. The van der Waals surface area contributed by atoms with E-state index in [4.69, 9.17) is 10.5 Å². The first-order chi connectivity index (χ1) is 14.5. The van der Waals surface area contributed by atoms with Gasteiger partial charge >= 0.3 is 0 Å². The van der Waals surface area contributed by atoms with Gasteiger partial charge in [0.2, 0.25) is 5.91 Å². The van der Waals surface area contributed by atoms with Gasteiger partial charge in [0.15, 0.2) is 0 Å². The highest BCUT2D eigenvalue weighted by atomic mass is 79.9. The van der Waals surface area contributed by atoms with Gasteiger partial charge in [-0.25, -0.2) is 0 Å². The summed E-state index contributed by atoms with van der Waals surface area (Å²) < 4.78 is 6.49. The van der Waals surface area contributed by atoms with Crippen LogP contribution in [0.5, 0.6) is 0 Å². The summed E-state index contributed by atoms with van der Waals surface area (Å²) in [6.45, 7) is 1.11. The molecule has 1 saturated heterocycles. The molecular weight excluding hydrogens is 448 g/mol. The molecule has 8 heteroatoms. The lowest BCUT2D eigenvalue weighted by molar-refractivity contribution is -0.119. The fraction of sp³-hybridized carbons (Fsp3) is 0.318. The number of primary amides is 1. The fourth-order valence-corrected chi connectivity index (χ4v) is 4.37. The highest BCUT2D eigenvalue weighted by molar-refractivity contribution is 9.10. The van der Waals surface area contributed by atoms with E-state index in [0.717, 1.165) is 15.7 Å². The third-order valence-electron chi connectivity index (χ3n) is 5.60. The van der Waals surface area contributed by atoms with Crippen molar-refractivity contribution in [1.29, 1.82) is 0 Å². The number of hydrogen-bond donors (Lipinski definition) is 2. The van der Waals surface area contributed by atoms with E-state index in [1.165, 1.54) is 5.01 Å². The molecule has 2 aromatic carbocycles. The lowest BCUT2D eigenvalue weighted by atomic mass is 9.82. The summed E-state index contributed by atoms with van der Waals surface area (Å²) >= 11 is 3.52. The summed E-state index contributed by atoms with van der Waals surface area (Å²) in [5.41, 5.74) is 7.07. The number of halogens is 1. The number of hydrogen-bond acceptors (Lipinski definition) is 5. The fourth-order valence-electron chi connectivity index (χ4n) is 3.97. The van der Waals surface area contributed by atoms with Crippen LogP contribution in [0.3, 0.4) is 0 Å². The van der Waals surface area contributed by atoms with Gasteiger partial charge in [-0.05, 0) is 42.7 Å². The van der Waals surface area contributed by atoms with Crippen molar-refractivity contribution in [3.8, 4) is 0 Å². The van der Waals surface area contributed by atoms with Crippen molar-refractivity contribution in [3.63, 3.8) is 0 Å². The molecule has 30 heavy (non-hydrogen) atoms. The van der Waals surface area contributed by atoms with Crippen LogP contribution in [-0.4, -0.2) is 36.8 Å². The van der Waals surface area contributed by atoms with Gasteiger partial charge in [0.25, 0.3) is 5.91 Å². The minimum Gasteiger partial charge on any atom is -0.381 e. The standard InChI is InChI=1S/C22H23BrN4O3/c23-16-6-4-5-15(13-16)22(9-11-30-12-10-22)25-21(29)18-14-19(20(24)28)27(26-18)17-7-2-1-3-8-17/h1-8,13,19H,9-12,14H2,(H2,24,28)(H,25,29). The molecule has 0 saturated carbocycles. The van der Waals surface area contributed by atoms with Gasteiger partial charge in [0.1, 0.15) is 11.8 Å². The predicted octanol–water partition coefficient (Wildman–Crippen LogP) is 2.69. The number of rotatable bonds is 5. The van der Waals surface area contributed by atoms with Gasteiger partial charge in [-0.15, -0.1) is 0 Å². The molecule has 0 aliphatic carbocycles. The van der Waals surface area contributed by atoms with Crippen LogP contribution in [0.1, 0.15) is 24.8 Å². The number of para-hydroxylation sites is 1. The number of carbonyl (C=O) groups excluding carboxylic acids is 2. The van der Waals surface area contributed by atoms with Gasteiger partial charge < -0.3 is 15.8 Å². The predicted molar refractivity (Wildman–Crippen MR) is 118 cm³/mol. The number of anilines is 1. The maximum atomic E-state index is 13.2. The highest BCUT2D eigenvalue weighted by Crippen LogP contribution is 2.34. The molecule has 1 atom stereocenters. The summed E-state index contributed by atoms with van der Waals surface area (Å²) in [5.74, 6) is -0.806. The van der Waals surface area contributed by atoms with Gasteiger partial charge in [0, 0.05) is 24.1 Å². The first-order valence-electron chi connectivity index (χ1n) is 9.86. The Balaban J connectivity index is 1.62. The quantitative estimate of drug-likeness (QED) is 0.701. The Labute approximate surface area is 183 Å². The number of nitrogens with two attached hydrogens (primary N) is 1. The molecule has 7 nitrogen and oxygen atoms in total. The largest absolute Gasteiger partial charge is 0.381 e. The number of ether oxygens (including phenoxy) is 1. The van der Waals surface area contributed by atoms with Crippen LogP contribution >= 0.6 is 15.9 Å². The molecule has 0 radical (unpaired) electrons. The van der Waals surface area contributed by atoms with Gasteiger partial charge in [-0.3, -0.25) is 14.6 Å². The number of hydrazone groups is 1. The zero-order chi connectivity index (χ0) is 21.1. The number of nitrogens with one attached hydrogen (secondary N) is 1. The molecule has 2 amide bonds. The molecule has 2 aliphatic rings. The Hall–Kier alpha value is -2.71. The van der Waals surface area contributed by atoms with E-state index in [1.807, 2.05) is 54.6 Å². The van der Waals surface area contributed by atoms with E-state index in [-0.39, 0.29) is 12.3 Å². The summed E-state index contributed by atoms with van der Waals surface area (Å²) in [7, 11) is 0. The molecule has 0 spiro atoms. The average molecular weight is 471 g/mol. The van der Waals surface area contributed by atoms with Crippen molar-refractivity contribution in [2.45, 2.75) is 30.8 Å². The summed E-state index contributed by atoms with van der Waals surface area (Å²) in [6.07, 6.45) is 1.48. The maximum absolute atomic E-state index is 13.2. The van der Waals surface area contributed by atoms with Crippen LogP contribution in [0.25, 0.3) is 0 Å². The Morgan fingerprint density at radius 2 is 1.87 bits per heavy atom. The number of nitrogens with zero attached hydrogens (tertiary/aromatic N) is 2. The Morgan fingerprint density at radius 3 is 2.53 bits per heavy atom. The SMILES string of the molecule is NC(=O)C1CC(C(=O)NC2(c3cccc(Br)c3)CCOCC2)=NN1c1ccccc1. The molecule has 1 fully saturated rings. The summed E-state index contributed by atoms with van der Waals surface area (Å²) in [5, 5.41) is 9.20. The molecule has 1 unspecified atom stereocenters. The Bertz CT molecular complexity index is 973. The Morgan fingerprint density at radius 1 is 1.13 bits per heavy atom. The van der Waals surface area contributed by atoms with E-state index in [2.05, 4.69) is 26.3 Å². The smallest absolute Gasteiger partial charge is 0.268 e. The number of benzene rings is 2. The second-order valence-corrected chi connectivity index (χ2v) is 8.42. The van der Waals surface area contributed by atoms with Crippen molar-refractivity contribution in [2.75, 3.05) is 18.2 Å². The van der Waals surface area contributed by atoms with Gasteiger partial charge in [-0.2, -0.15) is 5.10 Å². The van der Waals surface area contributed by atoms with Crippen LogP contribution in [0.15, 0.2) is 64.2 Å². The number of amides is 2. The van der Waals surface area contributed by atoms with E-state index >= 15 is 0 Å². The normalized spacial score (nSPS) is 20.5. The monoisotopic (exact) mass is 470 g/mol. The van der Waals surface area contributed by atoms with Crippen molar-refractivity contribution in [1.82, 2.24) is 5.32 Å². The number of carbonyl (C=O) groups is 2. The third kappa shape index (κ3) is 4.11. The molecule has 0 bridgehead atoms. The zero-order valence-corrected chi connectivity index (χ0v) is 18.0.